The largest absolute Gasteiger partial charge is 0.461 e. The Hall–Kier alpha value is -2.06. The third-order valence-electron chi connectivity index (χ3n) is 3.32. The van der Waals surface area contributed by atoms with Crippen molar-refractivity contribution < 1.29 is 13.9 Å². The molecule has 0 radical (unpaired) electrons. The molecular weight excluding hydrogens is 397 g/mol. The van der Waals surface area contributed by atoms with E-state index in [-0.39, 0.29) is 11.5 Å². The van der Waals surface area contributed by atoms with E-state index in [1.54, 1.807) is 29.1 Å². The van der Waals surface area contributed by atoms with E-state index < -0.39 is 5.97 Å². The molecule has 0 spiro atoms. The number of hydrogen-bond acceptors (Lipinski definition) is 5. The average Bonchev–Trinajstić information content (AvgIpc) is 3.15. The molecule has 0 atom stereocenters. The van der Waals surface area contributed by atoms with Gasteiger partial charge in [-0.15, -0.1) is 11.3 Å². The lowest BCUT2D eigenvalue weighted by Crippen LogP contribution is -2.06. The van der Waals surface area contributed by atoms with Crippen molar-refractivity contribution >= 4 is 33.2 Å². The molecule has 5 nitrogen and oxygen atoms in total. The van der Waals surface area contributed by atoms with E-state index in [0.29, 0.717) is 17.4 Å². The maximum atomic E-state index is 13.1. The smallest absolute Gasteiger partial charge is 0.357 e. The zero-order chi connectivity index (χ0) is 17.3. The Labute approximate surface area is 150 Å². The zero-order valence-electron chi connectivity index (χ0n) is 12.9. The van der Waals surface area contributed by atoms with Gasteiger partial charge in [0.25, 0.3) is 0 Å². The van der Waals surface area contributed by atoms with E-state index >= 15 is 0 Å². The molecule has 1 aromatic carbocycles. The van der Waals surface area contributed by atoms with E-state index in [9.17, 15) is 9.18 Å². The summed E-state index contributed by atoms with van der Waals surface area (Å²) in [5.74, 6) is -0.757. The first-order chi connectivity index (χ1) is 11.5. The maximum Gasteiger partial charge on any atom is 0.357 e. The van der Waals surface area contributed by atoms with Crippen molar-refractivity contribution in [1.29, 1.82) is 0 Å². The normalized spacial score (nSPS) is 10.8. The van der Waals surface area contributed by atoms with Crippen molar-refractivity contribution in [2.45, 2.75) is 13.8 Å². The van der Waals surface area contributed by atoms with Gasteiger partial charge in [-0.3, -0.25) is 0 Å². The molecule has 2 heterocycles. The van der Waals surface area contributed by atoms with Gasteiger partial charge in [-0.05, 0) is 54.0 Å². The highest BCUT2D eigenvalue weighted by molar-refractivity contribution is 9.10. The summed E-state index contributed by atoms with van der Waals surface area (Å²) in [4.78, 5) is 16.0. The fraction of sp³-hybridized carbons (Fsp3) is 0.188. The van der Waals surface area contributed by atoms with Gasteiger partial charge in [-0.25, -0.2) is 18.9 Å². The maximum absolute atomic E-state index is 13.1. The predicted molar refractivity (Wildman–Crippen MR) is 93.0 cm³/mol. The van der Waals surface area contributed by atoms with Crippen LogP contribution >= 0.6 is 27.3 Å². The van der Waals surface area contributed by atoms with E-state index in [1.165, 1.54) is 23.5 Å². The highest BCUT2D eigenvalue weighted by Crippen LogP contribution is 2.32. The molecule has 0 aliphatic rings. The van der Waals surface area contributed by atoms with Crippen molar-refractivity contribution in [3.63, 3.8) is 0 Å². The van der Waals surface area contributed by atoms with Crippen molar-refractivity contribution in [3.05, 3.63) is 51.3 Å². The number of hydrogen-bond donors (Lipinski definition) is 0. The minimum atomic E-state index is -0.456. The van der Waals surface area contributed by atoms with Crippen LogP contribution in [0.3, 0.4) is 0 Å². The molecule has 24 heavy (non-hydrogen) atoms. The predicted octanol–water partition coefficient (Wildman–Crippen LogP) is 4.38. The van der Waals surface area contributed by atoms with Crippen LogP contribution in [0.1, 0.15) is 23.1 Å². The molecule has 0 amide bonds. The first kappa shape index (κ1) is 16.8. The third-order valence-corrected chi connectivity index (χ3v) is 5.08. The summed E-state index contributed by atoms with van der Waals surface area (Å²) in [6, 6.07) is 6.10. The van der Waals surface area contributed by atoms with Gasteiger partial charge in [0, 0.05) is 10.9 Å². The number of benzene rings is 1. The molecule has 0 aliphatic heterocycles. The Morgan fingerprint density at radius 3 is 2.75 bits per heavy atom. The molecule has 0 fully saturated rings. The summed E-state index contributed by atoms with van der Waals surface area (Å²) in [5, 5.41) is 6.74. The number of halogens is 2. The van der Waals surface area contributed by atoms with E-state index in [2.05, 4.69) is 26.0 Å². The molecule has 3 aromatic rings. The van der Waals surface area contributed by atoms with Crippen molar-refractivity contribution in [2.24, 2.45) is 0 Å². The summed E-state index contributed by atoms with van der Waals surface area (Å²) < 4.78 is 20.5. The Morgan fingerprint density at radius 2 is 2.08 bits per heavy atom. The fourth-order valence-electron chi connectivity index (χ4n) is 2.12. The number of ether oxygens (including phenoxy) is 1. The van der Waals surface area contributed by atoms with Gasteiger partial charge in [0.15, 0.2) is 5.69 Å². The van der Waals surface area contributed by atoms with Crippen LogP contribution in [0.25, 0.3) is 16.4 Å². The van der Waals surface area contributed by atoms with Gasteiger partial charge in [0.2, 0.25) is 5.13 Å². The molecular formula is C16H13BrFN3O2S. The van der Waals surface area contributed by atoms with Crippen molar-refractivity contribution in [1.82, 2.24) is 14.8 Å². The first-order valence-corrected chi connectivity index (χ1v) is 8.82. The summed E-state index contributed by atoms with van der Waals surface area (Å²) in [6.45, 7) is 3.93. The number of rotatable bonds is 4. The first-order valence-electron chi connectivity index (χ1n) is 7.15. The summed E-state index contributed by atoms with van der Waals surface area (Å²) in [6.07, 6.45) is 0. The second-order valence-corrected chi connectivity index (χ2v) is 6.53. The quantitative estimate of drug-likeness (QED) is 0.599. The molecule has 3 rings (SSSR count). The molecule has 0 saturated heterocycles. The number of thiazole rings is 1. The van der Waals surface area contributed by atoms with Crippen molar-refractivity contribution in [3.8, 4) is 16.4 Å². The van der Waals surface area contributed by atoms with Gasteiger partial charge in [0.05, 0.1) is 16.8 Å². The Kier molecular flexibility index (Phi) is 4.77. The van der Waals surface area contributed by atoms with E-state index in [4.69, 9.17) is 4.74 Å². The second-order valence-electron chi connectivity index (χ2n) is 4.90. The second kappa shape index (κ2) is 6.82. The fourth-order valence-corrected chi connectivity index (χ4v) is 3.39. The Bertz CT molecular complexity index is 889. The van der Waals surface area contributed by atoms with Gasteiger partial charge in [0.1, 0.15) is 11.5 Å². The van der Waals surface area contributed by atoms with Crippen LogP contribution < -0.4 is 0 Å². The molecule has 0 unspecified atom stereocenters. The number of carbonyl (C=O) groups is 1. The van der Waals surface area contributed by atoms with Gasteiger partial charge in [-0.1, -0.05) is 0 Å². The van der Waals surface area contributed by atoms with Gasteiger partial charge in [-0.2, -0.15) is 5.10 Å². The molecule has 124 valence electrons. The highest BCUT2D eigenvalue weighted by Gasteiger charge is 2.19. The lowest BCUT2D eigenvalue weighted by Gasteiger charge is -1.99. The van der Waals surface area contributed by atoms with E-state index in [0.717, 1.165) is 15.7 Å². The summed E-state index contributed by atoms with van der Waals surface area (Å²) >= 11 is 4.82. The van der Waals surface area contributed by atoms with Crippen LogP contribution in [0.2, 0.25) is 0 Å². The highest BCUT2D eigenvalue weighted by atomic mass is 79.9. The minimum Gasteiger partial charge on any atom is -0.461 e. The SMILES string of the molecule is CCOC(=O)c1csc(-n2nc(-c3ccc(F)cc3)c(Br)c2C)n1. The third kappa shape index (κ3) is 3.11. The topological polar surface area (TPSA) is 57.0 Å². The van der Waals surface area contributed by atoms with Crippen LogP contribution in [-0.4, -0.2) is 27.3 Å². The van der Waals surface area contributed by atoms with Gasteiger partial charge < -0.3 is 4.74 Å². The lowest BCUT2D eigenvalue weighted by molar-refractivity contribution is 0.0520. The zero-order valence-corrected chi connectivity index (χ0v) is 15.3. The molecule has 0 bridgehead atoms. The summed E-state index contributed by atoms with van der Waals surface area (Å²) in [5.41, 5.74) is 2.55. The molecule has 0 N–H and O–H groups in total. The molecule has 8 heteroatoms. The van der Waals surface area contributed by atoms with Crippen LogP contribution in [0.15, 0.2) is 34.1 Å². The van der Waals surface area contributed by atoms with Crippen LogP contribution in [0.4, 0.5) is 4.39 Å². The van der Waals surface area contributed by atoms with Crippen LogP contribution in [0.5, 0.6) is 0 Å². The molecule has 0 aliphatic carbocycles. The van der Waals surface area contributed by atoms with Crippen LogP contribution in [0, 0.1) is 12.7 Å². The lowest BCUT2D eigenvalue weighted by atomic mass is 10.1. The number of aromatic nitrogens is 3. The van der Waals surface area contributed by atoms with Crippen molar-refractivity contribution in [2.75, 3.05) is 6.61 Å². The van der Waals surface area contributed by atoms with Gasteiger partial charge >= 0.3 is 5.97 Å². The van der Waals surface area contributed by atoms with E-state index in [1.807, 2.05) is 6.92 Å². The molecule has 0 saturated carbocycles. The minimum absolute atomic E-state index is 0.256. The Morgan fingerprint density at radius 1 is 1.38 bits per heavy atom. The monoisotopic (exact) mass is 409 g/mol. The number of nitrogens with zero attached hydrogens (tertiary/aromatic N) is 3. The number of carbonyl (C=O) groups excluding carboxylic acids is 1. The standard InChI is InChI=1S/C16H13BrFN3O2S/c1-3-23-15(22)12-8-24-16(19-12)21-9(2)13(17)14(20-21)10-4-6-11(18)7-5-10/h4-8H,3H2,1-2H3. The average molecular weight is 410 g/mol. The van der Waals surface area contributed by atoms with Crippen LogP contribution in [-0.2, 0) is 4.74 Å². The summed E-state index contributed by atoms with van der Waals surface area (Å²) in [7, 11) is 0. The number of esters is 1. The molecule has 2 aromatic heterocycles. The Balaban J connectivity index is 1.99.